The lowest BCUT2D eigenvalue weighted by molar-refractivity contribution is -0.116. The molecule has 0 aliphatic carbocycles. The van der Waals surface area contributed by atoms with Gasteiger partial charge >= 0.3 is 0 Å². The largest absolute Gasteiger partial charge is 0.493 e. The number of hydrogen-bond acceptors (Lipinski definition) is 6. The molecule has 0 saturated carbocycles. The Morgan fingerprint density at radius 1 is 1.45 bits per heavy atom. The van der Waals surface area contributed by atoms with Crippen molar-refractivity contribution in [3.63, 3.8) is 0 Å². The zero-order valence-corrected chi connectivity index (χ0v) is 14.8. The van der Waals surface area contributed by atoms with Gasteiger partial charge in [0.1, 0.15) is 0 Å². The van der Waals surface area contributed by atoms with E-state index in [2.05, 4.69) is 31.4 Å². The first-order chi connectivity index (χ1) is 10.5. The summed E-state index contributed by atoms with van der Waals surface area (Å²) in [7, 11) is 1.58. The number of benzene rings is 1. The van der Waals surface area contributed by atoms with Crippen LogP contribution in [-0.2, 0) is 4.79 Å². The molecule has 22 heavy (non-hydrogen) atoms. The van der Waals surface area contributed by atoms with Crippen molar-refractivity contribution < 1.29 is 14.3 Å². The highest BCUT2D eigenvalue weighted by Gasteiger charge is 2.16. The van der Waals surface area contributed by atoms with Gasteiger partial charge in [0.15, 0.2) is 16.7 Å². The summed E-state index contributed by atoms with van der Waals surface area (Å²) in [6.45, 7) is 3.90. The third kappa shape index (κ3) is 4.48. The average molecular weight is 386 g/mol. The number of thioether (sulfide) groups is 1. The lowest BCUT2D eigenvalue weighted by Crippen LogP contribution is -2.19. The van der Waals surface area contributed by atoms with Crippen LogP contribution in [0, 0.1) is 0 Å². The van der Waals surface area contributed by atoms with E-state index in [-0.39, 0.29) is 12.0 Å². The molecule has 0 spiro atoms. The fraction of sp³-hybridized carbons (Fsp3) is 0.357. The lowest BCUT2D eigenvalue weighted by atomic mass is 10.2. The third-order valence-corrected chi connectivity index (χ3v) is 4.00. The molecule has 2 rings (SSSR count). The topological polar surface area (TPSA) is 72.3 Å². The standard InChI is InChI=1S/C14H16BrN3O3S/c1-8(2)21-13-10(15)4-9(5-11(13)20-3)6-16-18-14-17-12(19)7-22-14/h4-6,8H,7H2,1-3H3,(H,17,18,19). The Kier molecular flexibility index (Phi) is 5.84. The second-order valence-electron chi connectivity index (χ2n) is 4.69. The second-order valence-corrected chi connectivity index (χ2v) is 6.51. The second kappa shape index (κ2) is 7.64. The van der Waals surface area contributed by atoms with Crippen molar-refractivity contribution in [3.8, 4) is 11.5 Å². The van der Waals surface area contributed by atoms with Gasteiger partial charge in [0.2, 0.25) is 5.91 Å². The van der Waals surface area contributed by atoms with Crippen LogP contribution in [0.25, 0.3) is 0 Å². The molecule has 0 radical (unpaired) electrons. The molecular formula is C14H16BrN3O3S. The predicted octanol–water partition coefficient (Wildman–Crippen LogP) is 2.80. The van der Waals surface area contributed by atoms with Crippen molar-refractivity contribution in [1.82, 2.24) is 5.32 Å². The molecule has 0 bridgehead atoms. The molecule has 1 fully saturated rings. The quantitative estimate of drug-likeness (QED) is 0.624. The van der Waals surface area contributed by atoms with E-state index in [0.717, 1.165) is 10.0 Å². The molecule has 0 atom stereocenters. The van der Waals surface area contributed by atoms with Gasteiger partial charge in [-0.15, -0.1) is 5.10 Å². The SMILES string of the molecule is COc1cc(C=NN=C2NC(=O)CS2)cc(Br)c1OC(C)C. The molecule has 0 unspecified atom stereocenters. The Balaban J connectivity index is 2.18. The Hall–Kier alpha value is -1.54. The number of amidine groups is 1. The van der Waals surface area contributed by atoms with Gasteiger partial charge in [-0.2, -0.15) is 5.10 Å². The number of ether oxygens (including phenoxy) is 2. The highest BCUT2D eigenvalue weighted by Crippen LogP contribution is 2.36. The summed E-state index contributed by atoms with van der Waals surface area (Å²) in [5.41, 5.74) is 0.804. The van der Waals surface area contributed by atoms with E-state index < -0.39 is 0 Å². The molecule has 1 aliphatic rings. The van der Waals surface area contributed by atoms with E-state index in [4.69, 9.17) is 9.47 Å². The molecule has 118 valence electrons. The highest BCUT2D eigenvalue weighted by atomic mass is 79.9. The lowest BCUT2D eigenvalue weighted by Gasteiger charge is -2.15. The van der Waals surface area contributed by atoms with E-state index in [1.54, 1.807) is 13.3 Å². The molecule has 0 aromatic heterocycles. The molecule has 1 N–H and O–H groups in total. The van der Waals surface area contributed by atoms with E-state index in [1.165, 1.54) is 11.8 Å². The van der Waals surface area contributed by atoms with Crippen molar-refractivity contribution in [3.05, 3.63) is 22.2 Å². The van der Waals surface area contributed by atoms with Crippen LogP contribution in [0.4, 0.5) is 0 Å². The monoisotopic (exact) mass is 385 g/mol. The number of hydrogen-bond donors (Lipinski definition) is 1. The average Bonchev–Trinajstić information content (AvgIpc) is 2.86. The van der Waals surface area contributed by atoms with Gasteiger partial charge in [0, 0.05) is 0 Å². The molecule has 1 aromatic rings. The van der Waals surface area contributed by atoms with Crippen LogP contribution in [0.5, 0.6) is 11.5 Å². The van der Waals surface area contributed by atoms with E-state index >= 15 is 0 Å². The number of nitrogens with zero attached hydrogens (tertiary/aromatic N) is 2. The van der Waals surface area contributed by atoms with Gasteiger partial charge in [-0.05, 0) is 47.5 Å². The number of halogens is 1. The maximum absolute atomic E-state index is 11.0. The summed E-state index contributed by atoms with van der Waals surface area (Å²) in [6.07, 6.45) is 1.63. The minimum Gasteiger partial charge on any atom is -0.493 e. The molecule has 1 heterocycles. The third-order valence-electron chi connectivity index (χ3n) is 2.55. The fourth-order valence-corrected chi connectivity index (χ4v) is 2.88. The minimum absolute atomic E-state index is 0.0409. The normalized spacial score (nSPS) is 16.6. The zero-order valence-electron chi connectivity index (χ0n) is 12.4. The van der Waals surface area contributed by atoms with E-state index in [1.807, 2.05) is 26.0 Å². The predicted molar refractivity (Wildman–Crippen MR) is 92.1 cm³/mol. The van der Waals surface area contributed by atoms with Crippen molar-refractivity contribution >= 4 is 45.0 Å². The number of nitrogens with one attached hydrogen (secondary N) is 1. The van der Waals surface area contributed by atoms with Gasteiger partial charge in [0.05, 0.1) is 29.7 Å². The van der Waals surface area contributed by atoms with Crippen LogP contribution in [0.15, 0.2) is 26.8 Å². The highest BCUT2D eigenvalue weighted by molar-refractivity contribution is 9.10. The van der Waals surface area contributed by atoms with Crippen molar-refractivity contribution in [2.24, 2.45) is 10.2 Å². The maximum atomic E-state index is 11.0. The number of carbonyl (C=O) groups is 1. The summed E-state index contributed by atoms with van der Waals surface area (Å²) in [5, 5.41) is 11.0. The zero-order chi connectivity index (χ0) is 16.1. The Morgan fingerprint density at radius 2 is 2.23 bits per heavy atom. The first-order valence-electron chi connectivity index (χ1n) is 6.57. The summed E-state index contributed by atoms with van der Waals surface area (Å²) in [4.78, 5) is 11.0. The Bertz CT molecular complexity index is 632. The smallest absolute Gasteiger partial charge is 0.236 e. The summed E-state index contributed by atoms with van der Waals surface area (Å²) in [5.74, 6) is 1.59. The van der Waals surface area contributed by atoms with Crippen LogP contribution in [0.3, 0.4) is 0 Å². The number of methoxy groups -OCH3 is 1. The van der Waals surface area contributed by atoms with Crippen LogP contribution >= 0.6 is 27.7 Å². The molecule has 1 aliphatic heterocycles. The van der Waals surface area contributed by atoms with Crippen molar-refractivity contribution in [2.75, 3.05) is 12.9 Å². The Labute approximate surface area is 141 Å². The molecular weight excluding hydrogens is 370 g/mol. The van der Waals surface area contributed by atoms with Crippen LogP contribution in [-0.4, -0.2) is 36.3 Å². The van der Waals surface area contributed by atoms with Gasteiger partial charge in [-0.25, -0.2) is 0 Å². The number of carbonyl (C=O) groups excluding carboxylic acids is 1. The Morgan fingerprint density at radius 3 is 2.82 bits per heavy atom. The maximum Gasteiger partial charge on any atom is 0.236 e. The van der Waals surface area contributed by atoms with Crippen LogP contribution in [0.1, 0.15) is 19.4 Å². The number of amides is 1. The first kappa shape index (κ1) is 16.8. The molecule has 6 nitrogen and oxygen atoms in total. The van der Waals surface area contributed by atoms with Crippen LogP contribution in [0.2, 0.25) is 0 Å². The van der Waals surface area contributed by atoms with Crippen molar-refractivity contribution in [2.45, 2.75) is 20.0 Å². The summed E-state index contributed by atoms with van der Waals surface area (Å²) in [6, 6.07) is 3.68. The fourth-order valence-electron chi connectivity index (χ4n) is 1.69. The molecule has 1 amide bonds. The summed E-state index contributed by atoms with van der Waals surface area (Å²) >= 11 is 4.80. The summed E-state index contributed by atoms with van der Waals surface area (Å²) < 4.78 is 11.8. The van der Waals surface area contributed by atoms with Gasteiger partial charge in [-0.1, -0.05) is 11.8 Å². The van der Waals surface area contributed by atoms with E-state index in [0.29, 0.717) is 22.4 Å². The van der Waals surface area contributed by atoms with E-state index in [9.17, 15) is 4.79 Å². The minimum atomic E-state index is -0.0569. The van der Waals surface area contributed by atoms with Crippen LogP contribution < -0.4 is 14.8 Å². The van der Waals surface area contributed by atoms with Gasteiger partial charge < -0.3 is 14.8 Å². The first-order valence-corrected chi connectivity index (χ1v) is 8.35. The molecule has 1 aromatic carbocycles. The molecule has 8 heteroatoms. The van der Waals surface area contributed by atoms with Gasteiger partial charge in [-0.3, -0.25) is 4.79 Å². The van der Waals surface area contributed by atoms with Crippen molar-refractivity contribution in [1.29, 1.82) is 0 Å². The van der Waals surface area contributed by atoms with Gasteiger partial charge in [0.25, 0.3) is 0 Å². The number of rotatable bonds is 5. The molecule has 1 saturated heterocycles.